The van der Waals surface area contributed by atoms with Crippen molar-refractivity contribution in [3.8, 4) is 0 Å². The van der Waals surface area contributed by atoms with Crippen molar-refractivity contribution in [1.29, 1.82) is 0 Å². The van der Waals surface area contributed by atoms with E-state index in [4.69, 9.17) is 0 Å². The summed E-state index contributed by atoms with van der Waals surface area (Å²) in [6.07, 6.45) is 3.01. The van der Waals surface area contributed by atoms with Crippen LogP contribution in [0.4, 0.5) is 0 Å². The molecular formula is C10H20N2. The van der Waals surface area contributed by atoms with Gasteiger partial charge in [0.25, 0.3) is 0 Å². The monoisotopic (exact) mass is 168 g/mol. The standard InChI is InChI=1S/C10H20N2/c1-9(5-11-2)6-12-7-10(8-12)3-4-10/h9,11H,3-8H2,1-2H3. The predicted molar refractivity (Wildman–Crippen MR) is 51.2 cm³/mol. The molecule has 0 aromatic rings. The van der Waals surface area contributed by atoms with E-state index in [-0.39, 0.29) is 0 Å². The van der Waals surface area contributed by atoms with Crippen LogP contribution in [0.5, 0.6) is 0 Å². The van der Waals surface area contributed by atoms with Gasteiger partial charge in [0.05, 0.1) is 0 Å². The van der Waals surface area contributed by atoms with Crippen molar-refractivity contribution in [2.24, 2.45) is 11.3 Å². The van der Waals surface area contributed by atoms with Crippen molar-refractivity contribution in [1.82, 2.24) is 10.2 Å². The SMILES string of the molecule is CNCC(C)CN1CC2(CC2)C1. The molecule has 1 heterocycles. The van der Waals surface area contributed by atoms with Gasteiger partial charge < -0.3 is 10.2 Å². The molecule has 1 spiro atoms. The zero-order chi connectivity index (χ0) is 8.60. The van der Waals surface area contributed by atoms with Crippen LogP contribution >= 0.6 is 0 Å². The van der Waals surface area contributed by atoms with Crippen molar-refractivity contribution < 1.29 is 0 Å². The van der Waals surface area contributed by atoms with Crippen LogP contribution < -0.4 is 5.32 Å². The molecule has 1 saturated carbocycles. The van der Waals surface area contributed by atoms with Crippen LogP contribution in [0.15, 0.2) is 0 Å². The Morgan fingerprint density at radius 3 is 2.58 bits per heavy atom. The predicted octanol–water partition coefficient (Wildman–Crippen LogP) is 0.938. The van der Waals surface area contributed by atoms with E-state index in [1.807, 2.05) is 7.05 Å². The molecule has 0 bridgehead atoms. The fourth-order valence-electron chi connectivity index (χ4n) is 2.38. The fraction of sp³-hybridized carbons (Fsp3) is 1.00. The highest BCUT2D eigenvalue weighted by Gasteiger charge is 2.51. The second-order valence-electron chi connectivity index (χ2n) is 4.83. The molecule has 2 nitrogen and oxygen atoms in total. The molecule has 1 N–H and O–H groups in total. The van der Waals surface area contributed by atoms with Crippen LogP contribution in [0, 0.1) is 11.3 Å². The molecular weight excluding hydrogens is 148 g/mol. The second-order valence-corrected chi connectivity index (χ2v) is 4.83. The molecule has 1 aliphatic carbocycles. The molecule has 70 valence electrons. The van der Waals surface area contributed by atoms with Crippen molar-refractivity contribution >= 4 is 0 Å². The first-order chi connectivity index (χ1) is 5.74. The minimum absolute atomic E-state index is 0.811. The summed E-state index contributed by atoms with van der Waals surface area (Å²) in [4.78, 5) is 2.61. The van der Waals surface area contributed by atoms with Gasteiger partial charge in [-0.2, -0.15) is 0 Å². The van der Waals surface area contributed by atoms with Gasteiger partial charge in [0, 0.05) is 19.6 Å². The number of rotatable bonds is 4. The Kier molecular flexibility index (Phi) is 2.13. The summed E-state index contributed by atoms with van der Waals surface area (Å²) in [5.41, 5.74) is 0.833. The van der Waals surface area contributed by atoms with Crippen molar-refractivity contribution in [3.63, 3.8) is 0 Å². The van der Waals surface area contributed by atoms with Crippen LogP contribution in [0.3, 0.4) is 0 Å². The fourth-order valence-corrected chi connectivity index (χ4v) is 2.38. The number of likely N-dealkylation sites (tertiary alicyclic amines) is 1. The lowest BCUT2D eigenvalue weighted by molar-refractivity contribution is 0.0672. The summed E-state index contributed by atoms with van der Waals surface area (Å²) in [6, 6.07) is 0. The molecule has 1 unspecified atom stereocenters. The van der Waals surface area contributed by atoms with Crippen molar-refractivity contribution in [2.75, 3.05) is 33.2 Å². The topological polar surface area (TPSA) is 15.3 Å². The molecule has 2 fully saturated rings. The van der Waals surface area contributed by atoms with Crippen molar-refractivity contribution in [3.05, 3.63) is 0 Å². The van der Waals surface area contributed by atoms with Crippen LogP contribution in [-0.2, 0) is 0 Å². The minimum atomic E-state index is 0.811. The number of nitrogens with zero attached hydrogens (tertiary/aromatic N) is 1. The highest BCUT2D eigenvalue weighted by Crippen LogP contribution is 2.52. The van der Waals surface area contributed by atoms with E-state index in [9.17, 15) is 0 Å². The Labute approximate surface area is 75.3 Å². The third-order valence-electron chi connectivity index (χ3n) is 3.20. The molecule has 0 aromatic heterocycles. The van der Waals surface area contributed by atoms with Gasteiger partial charge in [-0.25, -0.2) is 0 Å². The lowest BCUT2D eigenvalue weighted by Crippen LogP contribution is -2.50. The molecule has 2 aliphatic rings. The highest BCUT2D eigenvalue weighted by molar-refractivity contribution is 5.05. The first-order valence-electron chi connectivity index (χ1n) is 5.11. The first-order valence-corrected chi connectivity index (χ1v) is 5.11. The molecule has 2 rings (SSSR count). The largest absolute Gasteiger partial charge is 0.319 e. The third-order valence-corrected chi connectivity index (χ3v) is 3.20. The van der Waals surface area contributed by atoms with Gasteiger partial charge in [0.2, 0.25) is 0 Å². The van der Waals surface area contributed by atoms with Gasteiger partial charge in [-0.3, -0.25) is 0 Å². The Morgan fingerprint density at radius 1 is 1.42 bits per heavy atom. The Morgan fingerprint density at radius 2 is 2.08 bits per heavy atom. The average molecular weight is 168 g/mol. The Balaban J connectivity index is 1.62. The van der Waals surface area contributed by atoms with E-state index in [0.717, 1.165) is 17.9 Å². The molecule has 1 atom stereocenters. The molecule has 0 amide bonds. The minimum Gasteiger partial charge on any atom is -0.319 e. The number of hydrogen-bond donors (Lipinski definition) is 1. The zero-order valence-corrected chi connectivity index (χ0v) is 8.27. The van der Waals surface area contributed by atoms with E-state index in [1.165, 1.54) is 32.5 Å². The Hall–Kier alpha value is -0.0800. The molecule has 0 radical (unpaired) electrons. The van der Waals surface area contributed by atoms with Gasteiger partial charge in [-0.05, 0) is 37.8 Å². The summed E-state index contributed by atoms with van der Waals surface area (Å²) in [6.45, 7) is 7.56. The first kappa shape index (κ1) is 8.52. The third kappa shape index (κ3) is 1.64. The normalized spacial score (nSPS) is 28.5. The zero-order valence-electron chi connectivity index (χ0n) is 8.27. The maximum absolute atomic E-state index is 3.23. The summed E-state index contributed by atoms with van der Waals surface area (Å²) in [5.74, 6) is 0.811. The van der Waals surface area contributed by atoms with Crippen LogP contribution in [0.2, 0.25) is 0 Å². The molecule has 1 aliphatic heterocycles. The van der Waals surface area contributed by atoms with Crippen LogP contribution in [0.25, 0.3) is 0 Å². The second kappa shape index (κ2) is 3.00. The van der Waals surface area contributed by atoms with E-state index < -0.39 is 0 Å². The van der Waals surface area contributed by atoms with Gasteiger partial charge in [0.15, 0.2) is 0 Å². The quantitative estimate of drug-likeness (QED) is 0.672. The summed E-state index contributed by atoms with van der Waals surface area (Å²) in [5, 5.41) is 3.23. The van der Waals surface area contributed by atoms with E-state index >= 15 is 0 Å². The highest BCUT2D eigenvalue weighted by atomic mass is 15.2. The summed E-state index contributed by atoms with van der Waals surface area (Å²) >= 11 is 0. The lowest BCUT2D eigenvalue weighted by atomic mass is 9.95. The smallest absolute Gasteiger partial charge is 0.00506 e. The summed E-state index contributed by atoms with van der Waals surface area (Å²) < 4.78 is 0. The average Bonchev–Trinajstić information content (AvgIpc) is 2.66. The molecule has 0 aromatic carbocycles. The van der Waals surface area contributed by atoms with Gasteiger partial charge in [-0.15, -0.1) is 0 Å². The Bertz CT molecular complexity index is 155. The van der Waals surface area contributed by atoms with E-state index in [0.29, 0.717) is 0 Å². The number of hydrogen-bond acceptors (Lipinski definition) is 2. The van der Waals surface area contributed by atoms with Crippen LogP contribution in [-0.4, -0.2) is 38.1 Å². The van der Waals surface area contributed by atoms with Crippen LogP contribution in [0.1, 0.15) is 19.8 Å². The van der Waals surface area contributed by atoms with Gasteiger partial charge in [-0.1, -0.05) is 6.92 Å². The lowest BCUT2D eigenvalue weighted by Gasteiger charge is -2.41. The molecule has 12 heavy (non-hydrogen) atoms. The number of nitrogens with one attached hydrogen (secondary N) is 1. The maximum Gasteiger partial charge on any atom is 0.00506 e. The molecule has 2 heteroatoms. The van der Waals surface area contributed by atoms with Gasteiger partial charge in [0.1, 0.15) is 0 Å². The maximum atomic E-state index is 3.23. The van der Waals surface area contributed by atoms with Gasteiger partial charge >= 0.3 is 0 Å². The van der Waals surface area contributed by atoms with Crippen molar-refractivity contribution in [2.45, 2.75) is 19.8 Å². The van der Waals surface area contributed by atoms with E-state index in [1.54, 1.807) is 0 Å². The van der Waals surface area contributed by atoms with E-state index in [2.05, 4.69) is 17.1 Å². The summed E-state index contributed by atoms with van der Waals surface area (Å²) in [7, 11) is 2.04. The molecule has 1 saturated heterocycles.